The fourth-order valence-corrected chi connectivity index (χ4v) is 2.48. The van der Waals surface area contributed by atoms with Crippen LogP contribution in [0.2, 0.25) is 0 Å². The highest BCUT2D eigenvalue weighted by atomic mass is 16.5. The first kappa shape index (κ1) is 13.9. The summed E-state index contributed by atoms with van der Waals surface area (Å²) >= 11 is 0. The van der Waals surface area contributed by atoms with Gasteiger partial charge in [0.15, 0.2) is 0 Å². The molecule has 6 nitrogen and oxygen atoms in total. The highest BCUT2D eigenvalue weighted by Crippen LogP contribution is 2.31. The van der Waals surface area contributed by atoms with Crippen LogP contribution in [-0.2, 0) is 4.74 Å². The normalized spacial score (nSPS) is 11.0. The van der Waals surface area contributed by atoms with Crippen molar-refractivity contribution in [2.75, 3.05) is 7.11 Å². The number of rotatable bonds is 1. The number of ether oxygens (including phenoxy) is 1. The lowest BCUT2D eigenvalue weighted by atomic mass is 10.0. The van der Waals surface area contributed by atoms with Crippen molar-refractivity contribution < 1.29 is 24.2 Å². The molecule has 112 valence electrons. The number of benzene rings is 2. The number of hydrogen-bond donors (Lipinski definition) is 2. The number of carbonyl (C=O) groups excluding carboxylic acids is 1. The zero-order valence-electron chi connectivity index (χ0n) is 11.8. The van der Waals surface area contributed by atoms with Gasteiger partial charge in [0, 0.05) is 12.1 Å². The molecule has 0 aliphatic carbocycles. The van der Waals surface area contributed by atoms with Crippen molar-refractivity contribution in [2.24, 2.45) is 0 Å². The number of aryl methyl sites for hydroxylation is 1. The molecular formula is C16H12O6. The quantitative estimate of drug-likeness (QED) is 0.529. The van der Waals surface area contributed by atoms with Gasteiger partial charge in [-0.15, -0.1) is 0 Å². The molecule has 0 unspecified atom stereocenters. The molecule has 0 spiro atoms. The summed E-state index contributed by atoms with van der Waals surface area (Å²) in [6.45, 7) is 1.75. The molecule has 6 heteroatoms. The monoisotopic (exact) mass is 300 g/mol. The Bertz CT molecular complexity index is 983. The molecule has 22 heavy (non-hydrogen) atoms. The van der Waals surface area contributed by atoms with E-state index in [1.807, 2.05) is 0 Å². The second kappa shape index (κ2) is 4.77. The molecule has 0 saturated heterocycles. The van der Waals surface area contributed by atoms with Crippen LogP contribution < -0.4 is 5.43 Å². The molecule has 0 aliphatic heterocycles. The molecule has 1 aromatic heterocycles. The Balaban J connectivity index is 2.58. The number of aromatic hydroxyl groups is 2. The Labute approximate surface area is 124 Å². The molecule has 3 rings (SSSR count). The van der Waals surface area contributed by atoms with Gasteiger partial charge in [-0.2, -0.15) is 0 Å². The average molecular weight is 300 g/mol. The zero-order valence-corrected chi connectivity index (χ0v) is 11.8. The van der Waals surface area contributed by atoms with E-state index in [1.54, 1.807) is 13.0 Å². The maximum Gasteiger partial charge on any atom is 0.338 e. The van der Waals surface area contributed by atoms with Crippen LogP contribution in [0.25, 0.3) is 21.9 Å². The molecular weight excluding hydrogens is 288 g/mol. The van der Waals surface area contributed by atoms with Crippen molar-refractivity contribution in [2.45, 2.75) is 6.92 Å². The highest BCUT2D eigenvalue weighted by Gasteiger charge is 2.19. The Hall–Kier alpha value is -3.02. The minimum Gasteiger partial charge on any atom is -0.508 e. The Morgan fingerprint density at radius 1 is 1.09 bits per heavy atom. The van der Waals surface area contributed by atoms with Gasteiger partial charge in [-0.1, -0.05) is 0 Å². The molecule has 0 bridgehead atoms. The summed E-state index contributed by atoms with van der Waals surface area (Å²) < 4.78 is 10.3. The lowest BCUT2D eigenvalue weighted by molar-refractivity contribution is 0.0602. The predicted octanol–water partition coefficient (Wildman–Crippen LogP) is 2.45. The van der Waals surface area contributed by atoms with E-state index in [-0.39, 0.29) is 33.3 Å². The van der Waals surface area contributed by atoms with Crippen LogP contribution in [0.4, 0.5) is 0 Å². The van der Waals surface area contributed by atoms with Crippen molar-refractivity contribution in [1.82, 2.24) is 0 Å². The standard InChI is InChI=1S/C16H12O6/c1-7-3-9(16(20)21-2)13-11(4-7)22-12-6-8(17)5-10(18)14(12)15(13)19/h3-6,17-18H,1-2H3. The van der Waals surface area contributed by atoms with Gasteiger partial charge < -0.3 is 19.4 Å². The number of phenols is 2. The molecule has 3 aromatic rings. The van der Waals surface area contributed by atoms with Crippen LogP contribution in [0.5, 0.6) is 11.5 Å². The fraction of sp³-hybridized carbons (Fsp3) is 0.125. The lowest BCUT2D eigenvalue weighted by Crippen LogP contribution is -2.11. The summed E-state index contributed by atoms with van der Waals surface area (Å²) in [6, 6.07) is 5.39. The Kier molecular flexibility index (Phi) is 3.02. The molecule has 2 N–H and O–H groups in total. The molecule has 1 heterocycles. The van der Waals surface area contributed by atoms with Gasteiger partial charge in [0.1, 0.15) is 28.1 Å². The van der Waals surface area contributed by atoms with Gasteiger partial charge in [0.25, 0.3) is 0 Å². The van der Waals surface area contributed by atoms with Crippen LogP contribution in [0.1, 0.15) is 15.9 Å². The van der Waals surface area contributed by atoms with Crippen LogP contribution >= 0.6 is 0 Å². The van der Waals surface area contributed by atoms with Crippen molar-refractivity contribution >= 4 is 27.9 Å². The van der Waals surface area contributed by atoms with Crippen LogP contribution in [0, 0.1) is 6.92 Å². The summed E-state index contributed by atoms with van der Waals surface area (Å²) in [5.41, 5.74) is 0.439. The summed E-state index contributed by atoms with van der Waals surface area (Å²) in [5, 5.41) is 19.3. The van der Waals surface area contributed by atoms with Crippen molar-refractivity contribution in [1.29, 1.82) is 0 Å². The van der Waals surface area contributed by atoms with E-state index >= 15 is 0 Å². The van der Waals surface area contributed by atoms with Gasteiger partial charge in [-0.05, 0) is 24.6 Å². The van der Waals surface area contributed by atoms with Gasteiger partial charge in [0.2, 0.25) is 5.43 Å². The zero-order chi connectivity index (χ0) is 16.0. The number of fused-ring (bicyclic) bond motifs is 2. The van der Waals surface area contributed by atoms with E-state index in [9.17, 15) is 19.8 Å². The molecule has 0 amide bonds. The first-order valence-electron chi connectivity index (χ1n) is 6.44. The van der Waals surface area contributed by atoms with E-state index < -0.39 is 17.1 Å². The van der Waals surface area contributed by atoms with Gasteiger partial charge in [-0.25, -0.2) is 4.79 Å². The summed E-state index contributed by atoms with van der Waals surface area (Å²) in [4.78, 5) is 24.6. The molecule has 0 fully saturated rings. The largest absolute Gasteiger partial charge is 0.508 e. The summed E-state index contributed by atoms with van der Waals surface area (Å²) in [6.07, 6.45) is 0. The third-order valence-corrected chi connectivity index (χ3v) is 3.39. The number of esters is 1. The molecule has 2 aromatic carbocycles. The fourth-order valence-electron chi connectivity index (χ4n) is 2.48. The second-order valence-corrected chi connectivity index (χ2v) is 4.95. The van der Waals surface area contributed by atoms with E-state index in [0.717, 1.165) is 6.07 Å². The van der Waals surface area contributed by atoms with Crippen molar-refractivity contribution in [3.05, 3.63) is 45.6 Å². The topological polar surface area (TPSA) is 97.0 Å². The smallest absolute Gasteiger partial charge is 0.338 e. The first-order valence-corrected chi connectivity index (χ1v) is 6.44. The summed E-state index contributed by atoms with van der Waals surface area (Å²) in [7, 11) is 1.22. The first-order chi connectivity index (χ1) is 10.4. The Morgan fingerprint density at radius 3 is 2.45 bits per heavy atom. The third kappa shape index (κ3) is 1.96. The molecule has 0 radical (unpaired) electrons. The van der Waals surface area contributed by atoms with Crippen molar-refractivity contribution in [3.63, 3.8) is 0 Å². The highest BCUT2D eigenvalue weighted by molar-refractivity contribution is 6.06. The van der Waals surface area contributed by atoms with Gasteiger partial charge in [0.05, 0.1) is 18.1 Å². The molecule has 0 saturated carbocycles. The van der Waals surface area contributed by atoms with E-state index in [1.165, 1.54) is 19.2 Å². The van der Waals surface area contributed by atoms with Crippen LogP contribution in [-0.4, -0.2) is 23.3 Å². The number of methoxy groups -OCH3 is 1. The molecule has 0 aliphatic rings. The SMILES string of the molecule is COC(=O)c1cc(C)cc2oc3cc(O)cc(O)c3c(=O)c12. The Morgan fingerprint density at radius 2 is 1.77 bits per heavy atom. The van der Waals surface area contributed by atoms with Crippen molar-refractivity contribution in [3.8, 4) is 11.5 Å². The minimum atomic E-state index is -0.668. The lowest BCUT2D eigenvalue weighted by Gasteiger charge is -2.08. The molecule has 0 atom stereocenters. The number of carbonyl (C=O) groups is 1. The van der Waals surface area contributed by atoms with E-state index in [2.05, 4.69) is 0 Å². The third-order valence-electron chi connectivity index (χ3n) is 3.39. The maximum absolute atomic E-state index is 12.7. The van der Waals surface area contributed by atoms with Crippen LogP contribution in [0.3, 0.4) is 0 Å². The number of hydrogen-bond acceptors (Lipinski definition) is 6. The van der Waals surface area contributed by atoms with Gasteiger partial charge >= 0.3 is 5.97 Å². The second-order valence-electron chi connectivity index (χ2n) is 4.95. The summed E-state index contributed by atoms with van der Waals surface area (Å²) in [5.74, 6) is -1.31. The van der Waals surface area contributed by atoms with Gasteiger partial charge in [-0.3, -0.25) is 4.79 Å². The van der Waals surface area contributed by atoms with Crippen LogP contribution in [0.15, 0.2) is 33.5 Å². The average Bonchev–Trinajstić information content (AvgIpc) is 2.44. The minimum absolute atomic E-state index is 0.0333. The van der Waals surface area contributed by atoms with E-state index in [0.29, 0.717) is 5.56 Å². The maximum atomic E-state index is 12.7. The van der Waals surface area contributed by atoms with E-state index in [4.69, 9.17) is 9.15 Å². The predicted molar refractivity (Wildman–Crippen MR) is 79.4 cm³/mol. The number of phenolic OH excluding ortho intramolecular Hbond substituents is 2.